The van der Waals surface area contributed by atoms with Gasteiger partial charge in [-0.3, -0.25) is 4.84 Å². The molecule has 0 unspecified atom stereocenters. The first-order valence-corrected chi connectivity index (χ1v) is 9.62. The third kappa shape index (κ3) is 5.45. The van der Waals surface area contributed by atoms with Gasteiger partial charge in [0.2, 0.25) is 5.75 Å². The zero-order chi connectivity index (χ0) is 23.1. The molecule has 33 heavy (non-hydrogen) atoms. The summed E-state index contributed by atoms with van der Waals surface area (Å²) in [5.74, 6) is 1.47. The molecule has 11 nitrogen and oxygen atoms in total. The number of nitrogens with one attached hydrogen (secondary N) is 1. The number of amides is 2. The van der Waals surface area contributed by atoms with Crippen molar-refractivity contribution in [3.63, 3.8) is 0 Å². The third-order valence-corrected chi connectivity index (χ3v) is 4.57. The number of aliphatic hydroxyl groups excluding tert-OH is 1. The molecule has 0 spiro atoms. The summed E-state index contributed by atoms with van der Waals surface area (Å²) < 4.78 is 17.9. The molecule has 1 aromatic heterocycles. The quantitative estimate of drug-likeness (QED) is 0.449. The van der Waals surface area contributed by atoms with Gasteiger partial charge in [0.15, 0.2) is 11.5 Å². The van der Waals surface area contributed by atoms with Gasteiger partial charge in [0, 0.05) is 12.1 Å². The van der Waals surface area contributed by atoms with Crippen LogP contribution in [0.5, 0.6) is 17.2 Å². The minimum absolute atomic E-state index is 0. The average Bonchev–Trinajstić information content (AvgIpc) is 3.32. The van der Waals surface area contributed by atoms with Gasteiger partial charge in [0.1, 0.15) is 0 Å². The fourth-order valence-electron chi connectivity index (χ4n) is 3.14. The minimum atomic E-state index is -0.512. The van der Waals surface area contributed by atoms with E-state index in [2.05, 4.69) is 15.6 Å². The number of benzene rings is 2. The van der Waals surface area contributed by atoms with Crippen LogP contribution in [0.3, 0.4) is 0 Å². The molecular formula is C21H26ClN5O6. The highest BCUT2D eigenvalue weighted by Gasteiger charge is 2.19. The molecule has 0 atom stereocenters. The highest BCUT2D eigenvalue weighted by atomic mass is 35.5. The average molecular weight is 480 g/mol. The number of rotatable bonds is 9. The van der Waals surface area contributed by atoms with Crippen LogP contribution >= 0.6 is 12.4 Å². The maximum atomic E-state index is 12.3. The van der Waals surface area contributed by atoms with E-state index in [0.29, 0.717) is 34.3 Å². The van der Waals surface area contributed by atoms with Crippen molar-refractivity contribution in [1.29, 1.82) is 0 Å². The largest absolute Gasteiger partial charge is 0.493 e. The van der Waals surface area contributed by atoms with Gasteiger partial charge >= 0.3 is 6.03 Å². The molecule has 0 bridgehead atoms. The second-order valence-corrected chi connectivity index (χ2v) is 6.40. The lowest BCUT2D eigenvalue weighted by Gasteiger charge is -2.20. The molecular weight excluding hydrogens is 454 g/mol. The zero-order valence-electron chi connectivity index (χ0n) is 18.6. The van der Waals surface area contributed by atoms with E-state index < -0.39 is 6.03 Å². The van der Waals surface area contributed by atoms with Gasteiger partial charge in [-0.25, -0.2) is 9.48 Å². The number of hydroxylamine groups is 1. The molecule has 2 aromatic carbocycles. The summed E-state index contributed by atoms with van der Waals surface area (Å²) >= 11 is 0. The molecule has 0 aliphatic heterocycles. The van der Waals surface area contributed by atoms with Crippen molar-refractivity contribution in [3.05, 3.63) is 42.6 Å². The van der Waals surface area contributed by atoms with Gasteiger partial charge in [0.05, 0.1) is 58.3 Å². The summed E-state index contributed by atoms with van der Waals surface area (Å²) in [5, 5.41) is 20.8. The highest BCUT2D eigenvalue weighted by Crippen LogP contribution is 2.41. The Kier molecular flexibility index (Phi) is 9.28. The third-order valence-electron chi connectivity index (χ3n) is 4.57. The van der Waals surface area contributed by atoms with E-state index in [-0.39, 0.29) is 25.6 Å². The number of nitrogens with zero attached hydrogens (tertiary/aromatic N) is 4. The molecule has 0 aliphatic rings. The second kappa shape index (κ2) is 11.9. The number of hydrogen-bond donors (Lipinski definition) is 2. The van der Waals surface area contributed by atoms with Crippen LogP contribution in [0.1, 0.15) is 0 Å². The van der Waals surface area contributed by atoms with E-state index in [9.17, 15) is 4.79 Å². The monoisotopic (exact) mass is 479 g/mol. The SMILES string of the molecule is COc1cc(-c2cnnn2-c2cccc(N(OC)C(=O)NCCO)c2)cc(OC)c1OC.Cl. The molecule has 2 amide bonds. The Morgan fingerprint density at radius 2 is 1.79 bits per heavy atom. The van der Waals surface area contributed by atoms with Gasteiger partial charge < -0.3 is 24.6 Å². The van der Waals surface area contributed by atoms with Crippen molar-refractivity contribution >= 4 is 24.1 Å². The number of halogens is 1. The van der Waals surface area contributed by atoms with Crippen LogP contribution in [0.15, 0.2) is 42.6 Å². The molecule has 2 N–H and O–H groups in total. The topological polar surface area (TPSA) is 120 Å². The number of urea groups is 1. The van der Waals surface area contributed by atoms with Crippen molar-refractivity contribution < 1.29 is 28.9 Å². The first-order valence-electron chi connectivity index (χ1n) is 9.62. The summed E-state index contributed by atoms with van der Waals surface area (Å²) in [5.41, 5.74) is 2.50. The number of hydrogen-bond acceptors (Lipinski definition) is 8. The Morgan fingerprint density at radius 3 is 2.36 bits per heavy atom. The van der Waals surface area contributed by atoms with E-state index in [4.69, 9.17) is 24.2 Å². The Bertz CT molecular complexity index is 1050. The number of carbonyl (C=O) groups is 1. The lowest BCUT2D eigenvalue weighted by molar-refractivity contribution is 0.161. The number of anilines is 1. The maximum absolute atomic E-state index is 12.3. The Balaban J connectivity index is 0.00000385. The van der Waals surface area contributed by atoms with Crippen LogP contribution in [0.2, 0.25) is 0 Å². The number of methoxy groups -OCH3 is 3. The maximum Gasteiger partial charge on any atom is 0.346 e. The molecule has 0 fully saturated rings. The van der Waals surface area contributed by atoms with Crippen LogP contribution in [-0.4, -0.2) is 67.7 Å². The molecule has 0 saturated carbocycles. The molecule has 0 radical (unpaired) electrons. The Hall–Kier alpha value is -3.54. The van der Waals surface area contributed by atoms with E-state index >= 15 is 0 Å². The summed E-state index contributed by atoms with van der Waals surface area (Å²) in [4.78, 5) is 17.5. The van der Waals surface area contributed by atoms with Crippen molar-refractivity contribution in [1.82, 2.24) is 20.3 Å². The minimum Gasteiger partial charge on any atom is -0.493 e. The summed E-state index contributed by atoms with van der Waals surface area (Å²) in [6, 6.07) is 10.1. The van der Waals surface area contributed by atoms with Crippen molar-refractivity contribution in [2.75, 3.05) is 46.7 Å². The molecule has 0 aliphatic carbocycles. The predicted molar refractivity (Wildman–Crippen MR) is 124 cm³/mol. The van der Waals surface area contributed by atoms with Crippen LogP contribution in [0.4, 0.5) is 10.5 Å². The molecule has 3 aromatic rings. The predicted octanol–water partition coefficient (Wildman–Crippen LogP) is 2.45. The molecule has 0 saturated heterocycles. The van der Waals surface area contributed by atoms with Gasteiger partial charge in [-0.05, 0) is 30.3 Å². The van der Waals surface area contributed by atoms with Crippen LogP contribution in [0.25, 0.3) is 16.9 Å². The molecule has 1 heterocycles. The van der Waals surface area contributed by atoms with Crippen molar-refractivity contribution in [3.8, 4) is 34.2 Å². The van der Waals surface area contributed by atoms with Crippen molar-refractivity contribution in [2.45, 2.75) is 0 Å². The first-order chi connectivity index (χ1) is 15.6. The number of ether oxygens (including phenoxy) is 3. The second-order valence-electron chi connectivity index (χ2n) is 6.40. The van der Waals surface area contributed by atoms with E-state index in [0.717, 1.165) is 10.6 Å². The lowest BCUT2D eigenvalue weighted by Crippen LogP contribution is -2.40. The number of aliphatic hydroxyl groups is 1. The summed E-state index contributed by atoms with van der Waals surface area (Å²) in [6.07, 6.45) is 1.61. The zero-order valence-corrected chi connectivity index (χ0v) is 19.5. The van der Waals surface area contributed by atoms with Gasteiger partial charge in [-0.2, -0.15) is 5.06 Å². The fraction of sp³-hybridized carbons (Fsp3) is 0.286. The molecule has 12 heteroatoms. The normalized spacial score (nSPS) is 10.2. The first kappa shape index (κ1) is 25.7. The molecule has 178 valence electrons. The van der Waals surface area contributed by atoms with Crippen LogP contribution < -0.4 is 24.6 Å². The fourth-order valence-corrected chi connectivity index (χ4v) is 3.14. The number of carbonyl (C=O) groups excluding carboxylic acids is 1. The van der Waals surface area contributed by atoms with Gasteiger partial charge in [0.25, 0.3) is 0 Å². The van der Waals surface area contributed by atoms with Crippen LogP contribution in [-0.2, 0) is 4.84 Å². The van der Waals surface area contributed by atoms with E-state index in [1.807, 2.05) is 6.07 Å². The Labute approximate surface area is 197 Å². The Morgan fingerprint density at radius 1 is 1.09 bits per heavy atom. The van der Waals surface area contributed by atoms with E-state index in [1.165, 1.54) is 14.2 Å². The van der Waals surface area contributed by atoms with Gasteiger partial charge in [-0.15, -0.1) is 17.5 Å². The van der Waals surface area contributed by atoms with Crippen LogP contribution in [0, 0.1) is 0 Å². The number of aromatic nitrogens is 3. The lowest BCUT2D eigenvalue weighted by atomic mass is 10.1. The summed E-state index contributed by atoms with van der Waals surface area (Å²) in [6.45, 7) is -0.0762. The van der Waals surface area contributed by atoms with Crippen molar-refractivity contribution in [2.24, 2.45) is 0 Å². The smallest absolute Gasteiger partial charge is 0.346 e. The molecule has 3 rings (SSSR count). The standard InChI is InChI=1S/C21H25N5O6.ClH/c1-29-18-10-14(11-19(30-2)20(18)31-3)17-13-23-24-25(17)15-6-5-7-16(12-15)26(32-4)21(28)22-8-9-27;/h5-7,10-13,27H,8-9H2,1-4H3,(H,22,28);1H. The summed E-state index contributed by atoms with van der Waals surface area (Å²) in [7, 11) is 6.00. The van der Waals surface area contributed by atoms with Gasteiger partial charge in [-0.1, -0.05) is 11.3 Å². The van der Waals surface area contributed by atoms with E-state index in [1.54, 1.807) is 55.4 Å². The highest BCUT2D eigenvalue weighted by molar-refractivity contribution is 5.90.